The van der Waals surface area contributed by atoms with E-state index in [4.69, 9.17) is 14.4 Å². The van der Waals surface area contributed by atoms with E-state index in [2.05, 4.69) is 146 Å². The summed E-state index contributed by atoms with van der Waals surface area (Å²) in [6.07, 6.45) is 0. The second kappa shape index (κ2) is 10.7. The smallest absolute Gasteiger partial charge is 0.160 e. The van der Waals surface area contributed by atoms with Crippen LogP contribution in [0.1, 0.15) is 0 Å². The number of para-hydroxylation sites is 1. The number of benzene rings is 7. The summed E-state index contributed by atoms with van der Waals surface area (Å²) >= 11 is 1.82. The van der Waals surface area contributed by atoms with E-state index in [9.17, 15) is 0 Å². The molecular formula is C44H26N2OS. The van der Waals surface area contributed by atoms with Crippen LogP contribution in [0, 0.1) is 0 Å². The van der Waals surface area contributed by atoms with Crippen LogP contribution in [-0.2, 0) is 0 Å². The Morgan fingerprint density at radius 2 is 1.08 bits per heavy atom. The second-order valence-electron chi connectivity index (χ2n) is 12.2. The van der Waals surface area contributed by atoms with Crippen molar-refractivity contribution in [3.05, 3.63) is 158 Å². The second-order valence-corrected chi connectivity index (χ2v) is 13.3. The molecule has 0 saturated heterocycles. The van der Waals surface area contributed by atoms with Crippen LogP contribution in [0.4, 0.5) is 0 Å². The van der Waals surface area contributed by atoms with E-state index in [1.54, 1.807) is 0 Å². The predicted octanol–water partition coefficient (Wildman–Crippen LogP) is 12.6. The number of furan rings is 1. The lowest BCUT2D eigenvalue weighted by atomic mass is 9.97. The van der Waals surface area contributed by atoms with E-state index in [1.165, 1.54) is 31.3 Å². The van der Waals surface area contributed by atoms with Crippen molar-refractivity contribution in [2.24, 2.45) is 0 Å². The standard InChI is InChI=1S/C44H26N2OS/c1-2-10-27(11-3-1)28-12-8-13-29(24-28)30-14-9-15-32(25-30)44-45-37-22-21-35-33-16-4-6-18-38(33)47-43(35)41(37)42(46-44)31-20-23-40-36(26-31)34-17-5-7-19-39(34)48-40/h1-26H. The van der Waals surface area contributed by atoms with Gasteiger partial charge in [0.1, 0.15) is 11.2 Å². The molecule has 3 nitrogen and oxygen atoms in total. The fourth-order valence-electron chi connectivity index (χ4n) is 6.96. The van der Waals surface area contributed by atoms with Crippen molar-refractivity contribution in [3.63, 3.8) is 0 Å². The van der Waals surface area contributed by atoms with E-state index in [0.717, 1.165) is 60.8 Å². The Kier molecular flexibility index (Phi) is 6.05. The van der Waals surface area contributed by atoms with Crippen LogP contribution in [0.5, 0.6) is 0 Å². The molecule has 4 heteroatoms. The molecule has 0 radical (unpaired) electrons. The molecular weight excluding hydrogens is 605 g/mol. The van der Waals surface area contributed by atoms with Crippen molar-refractivity contribution in [2.75, 3.05) is 0 Å². The molecule has 7 aromatic carbocycles. The first-order valence-electron chi connectivity index (χ1n) is 16.1. The van der Waals surface area contributed by atoms with Crippen LogP contribution in [-0.4, -0.2) is 9.97 Å². The first kappa shape index (κ1) is 27.1. The Hall–Kier alpha value is -6.10. The zero-order chi connectivity index (χ0) is 31.6. The summed E-state index contributed by atoms with van der Waals surface area (Å²) in [6, 6.07) is 55.5. The average Bonchev–Trinajstić information content (AvgIpc) is 3.73. The monoisotopic (exact) mass is 630 g/mol. The third-order valence-electron chi connectivity index (χ3n) is 9.28. The molecule has 0 unspecified atom stereocenters. The van der Waals surface area contributed by atoms with Crippen LogP contribution in [0.2, 0.25) is 0 Å². The van der Waals surface area contributed by atoms with Gasteiger partial charge in [-0.2, -0.15) is 0 Å². The fraction of sp³-hybridized carbons (Fsp3) is 0. The van der Waals surface area contributed by atoms with Gasteiger partial charge in [-0.15, -0.1) is 11.3 Å². The Morgan fingerprint density at radius 1 is 0.417 bits per heavy atom. The van der Waals surface area contributed by atoms with Gasteiger partial charge < -0.3 is 4.42 Å². The summed E-state index contributed by atoms with van der Waals surface area (Å²) in [5, 5.41) is 5.58. The lowest BCUT2D eigenvalue weighted by molar-refractivity contribution is 0.672. The molecule has 0 aliphatic rings. The van der Waals surface area contributed by atoms with Crippen LogP contribution < -0.4 is 0 Å². The van der Waals surface area contributed by atoms with E-state index in [1.807, 2.05) is 23.5 Å². The molecule has 0 aliphatic carbocycles. The number of hydrogen-bond donors (Lipinski definition) is 0. The van der Waals surface area contributed by atoms with Gasteiger partial charge in [0, 0.05) is 42.1 Å². The van der Waals surface area contributed by atoms with E-state index < -0.39 is 0 Å². The quantitative estimate of drug-likeness (QED) is 0.194. The Bertz CT molecular complexity index is 2850. The summed E-state index contributed by atoms with van der Waals surface area (Å²) in [7, 11) is 0. The molecule has 0 N–H and O–H groups in total. The zero-order valence-corrected chi connectivity index (χ0v) is 26.5. The van der Waals surface area contributed by atoms with Crippen LogP contribution in [0.3, 0.4) is 0 Å². The highest BCUT2D eigenvalue weighted by Crippen LogP contribution is 2.41. The lowest BCUT2D eigenvalue weighted by Gasteiger charge is -2.12. The fourth-order valence-corrected chi connectivity index (χ4v) is 8.05. The van der Waals surface area contributed by atoms with Gasteiger partial charge in [-0.1, -0.05) is 109 Å². The number of fused-ring (bicyclic) bond motifs is 8. The van der Waals surface area contributed by atoms with E-state index in [0.29, 0.717) is 5.82 Å². The summed E-state index contributed by atoms with van der Waals surface area (Å²) in [6.45, 7) is 0. The maximum absolute atomic E-state index is 6.56. The van der Waals surface area contributed by atoms with Gasteiger partial charge >= 0.3 is 0 Å². The highest BCUT2D eigenvalue weighted by molar-refractivity contribution is 7.25. The van der Waals surface area contributed by atoms with E-state index >= 15 is 0 Å². The minimum atomic E-state index is 0.685. The molecule has 0 saturated carbocycles. The third kappa shape index (κ3) is 4.34. The summed E-state index contributed by atoms with van der Waals surface area (Å²) in [4.78, 5) is 10.6. The van der Waals surface area contributed by atoms with E-state index in [-0.39, 0.29) is 0 Å². The molecule has 0 bridgehead atoms. The van der Waals surface area contributed by atoms with Crippen LogP contribution >= 0.6 is 11.3 Å². The molecule has 224 valence electrons. The minimum absolute atomic E-state index is 0.685. The number of rotatable bonds is 4. The number of hydrogen-bond acceptors (Lipinski definition) is 4. The molecule has 0 aliphatic heterocycles. The van der Waals surface area contributed by atoms with Crippen molar-refractivity contribution in [3.8, 4) is 44.9 Å². The van der Waals surface area contributed by atoms with Gasteiger partial charge in [0.25, 0.3) is 0 Å². The zero-order valence-electron chi connectivity index (χ0n) is 25.7. The molecule has 10 rings (SSSR count). The minimum Gasteiger partial charge on any atom is -0.455 e. The highest BCUT2D eigenvalue weighted by atomic mass is 32.1. The summed E-state index contributed by atoms with van der Waals surface area (Å²) in [5.41, 5.74) is 10.1. The average molecular weight is 631 g/mol. The lowest BCUT2D eigenvalue weighted by Crippen LogP contribution is -1.96. The summed E-state index contributed by atoms with van der Waals surface area (Å²) < 4.78 is 9.11. The van der Waals surface area contributed by atoms with Gasteiger partial charge in [0.05, 0.1) is 16.6 Å². The first-order valence-corrected chi connectivity index (χ1v) is 16.9. The Balaban J connectivity index is 1.20. The largest absolute Gasteiger partial charge is 0.455 e. The van der Waals surface area contributed by atoms with Crippen molar-refractivity contribution in [1.29, 1.82) is 0 Å². The number of thiophene rings is 1. The van der Waals surface area contributed by atoms with Crippen molar-refractivity contribution in [2.45, 2.75) is 0 Å². The molecule has 0 fully saturated rings. The first-order chi connectivity index (χ1) is 23.8. The molecule has 10 aromatic rings. The molecule has 0 atom stereocenters. The van der Waals surface area contributed by atoms with Gasteiger partial charge in [-0.25, -0.2) is 9.97 Å². The van der Waals surface area contributed by atoms with Crippen molar-refractivity contribution < 1.29 is 4.42 Å². The van der Waals surface area contributed by atoms with Crippen molar-refractivity contribution in [1.82, 2.24) is 9.97 Å². The van der Waals surface area contributed by atoms with Gasteiger partial charge in [0.15, 0.2) is 5.82 Å². The Labute approximate surface area is 280 Å². The molecule has 0 spiro atoms. The van der Waals surface area contributed by atoms with Gasteiger partial charge in [-0.05, 0) is 70.8 Å². The van der Waals surface area contributed by atoms with Gasteiger partial charge in [0.2, 0.25) is 0 Å². The number of aromatic nitrogens is 2. The maximum Gasteiger partial charge on any atom is 0.160 e. The molecule has 3 aromatic heterocycles. The Morgan fingerprint density at radius 3 is 1.94 bits per heavy atom. The third-order valence-corrected chi connectivity index (χ3v) is 10.4. The maximum atomic E-state index is 6.56. The van der Waals surface area contributed by atoms with Crippen molar-refractivity contribution >= 4 is 64.4 Å². The molecule has 3 heterocycles. The molecule has 48 heavy (non-hydrogen) atoms. The van der Waals surface area contributed by atoms with Crippen LogP contribution in [0.25, 0.3) is 97.9 Å². The number of nitrogens with zero attached hydrogens (tertiary/aromatic N) is 2. The normalized spacial score (nSPS) is 11.8. The van der Waals surface area contributed by atoms with Crippen LogP contribution in [0.15, 0.2) is 162 Å². The highest BCUT2D eigenvalue weighted by Gasteiger charge is 2.19. The SMILES string of the molecule is c1ccc(-c2cccc(-c3cccc(-c4nc(-c5ccc6sc7ccccc7c6c5)c5c(ccc6c7ccccc7oc65)n4)c3)c2)cc1. The van der Waals surface area contributed by atoms with Gasteiger partial charge in [-0.3, -0.25) is 0 Å². The predicted molar refractivity (Wildman–Crippen MR) is 201 cm³/mol. The topological polar surface area (TPSA) is 38.9 Å². The molecule has 0 amide bonds. The summed E-state index contributed by atoms with van der Waals surface area (Å²) in [5.74, 6) is 0.685.